The number of aliphatic carboxylic acids is 1. The van der Waals surface area contributed by atoms with Gasteiger partial charge in [-0.25, -0.2) is 4.79 Å². The fraction of sp³-hybridized carbons (Fsp3) is 0.609. The van der Waals surface area contributed by atoms with E-state index in [4.69, 9.17) is 4.74 Å². The number of likely N-dealkylation sites (tertiary alicyclic amines) is 1. The molecule has 6 nitrogen and oxygen atoms in total. The Kier molecular flexibility index (Phi) is 7.63. The summed E-state index contributed by atoms with van der Waals surface area (Å²) >= 11 is 0. The number of ether oxygens (including phenoxy) is 1. The Morgan fingerprint density at radius 2 is 1.75 bits per heavy atom. The van der Waals surface area contributed by atoms with Gasteiger partial charge >= 0.3 is 18.1 Å². The summed E-state index contributed by atoms with van der Waals surface area (Å²) < 4.78 is 43.8. The maximum Gasteiger partial charge on any atom is 0.416 e. The molecule has 1 fully saturated rings. The molecule has 0 aromatic heterocycles. The van der Waals surface area contributed by atoms with Crippen LogP contribution < -0.4 is 0 Å². The zero-order valence-electron chi connectivity index (χ0n) is 18.9. The van der Waals surface area contributed by atoms with Crippen molar-refractivity contribution in [2.75, 3.05) is 7.11 Å². The van der Waals surface area contributed by atoms with E-state index >= 15 is 0 Å². The molecule has 0 saturated carbocycles. The average molecular weight is 457 g/mol. The van der Waals surface area contributed by atoms with E-state index in [-0.39, 0.29) is 30.2 Å². The fourth-order valence-electron chi connectivity index (χ4n) is 4.72. The molecule has 0 aliphatic carbocycles. The quantitative estimate of drug-likeness (QED) is 0.604. The Hall–Kier alpha value is -2.58. The van der Waals surface area contributed by atoms with Crippen LogP contribution in [0.4, 0.5) is 13.2 Å². The lowest BCUT2D eigenvalue weighted by molar-refractivity contribution is -0.150. The first-order valence-corrected chi connectivity index (χ1v) is 10.6. The number of halogens is 3. The van der Waals surface area contributed by atoms with E-state index in [1.165, 1.54) is 12.0 Å². The highest BCUT2D eigenvalue weighted by atomic mass is 19.4. The largest absolute Gasteiger partial charge is 0.479 e. The number of hydrogen-bond donors (Lipinski definition) is 1. The maximum absolute atomic E-state index is 13.6. The monoisotopic (exact) mass is 457 g/mol. The summed E-state index contributed by atoms with van der Waals surface area (Å²) in [6.45, 7) is 7.31. The van der Waals surface area contributed by atoms with Crippen LogP contribution in [-0.2, 0) is 20.5 Å². The molecule has 1 amide bonds. The van der Waals surface area contributed by atoms with Gasteiger partial charge in [-0.05, 0) is 48.9 Å². The van der Waals surface area contributed by atoms with Crippen LogP contribution in [-0.4, -0.2) is 46.5 Å². The van der Waals surface area contributed by atoms with Crippen LogP contribution in [0, 0.1) is 17.8 Å². The molecule has 2 rings (SSSR count). The van der Waals surface area contributed by atoms with Crippen LogP contribution in [0.3, 0.4) is 0 Å². The molecular formula is C23H30F3NO5. The van der Waals surface area contributed by atoms with Gasteiger partial charge in [0.05, 0.1) is 18.6 Å². The summed E-state index contributed by atoms with van der Waals surface area (Å²) in [5.41, 5.74) is -2.65. The number of esters is 1. The molecule has 1 aromatic rings. The van der Waals surface area contributed by atoms with Gasteiger partial charge in [0, 0.05) is 11.6 Å². The fourth-order valence-corrected chi connectivity index (χ4v) is 4.72. The lowest BCUT2D eigenvalue weighted by atomic mass is 9.83. The second kappa shape index (κ2) is 9.50. The van der Waals surface area contributed by atoms with Gasteiger partial charge in [0.25, 0.3) is 5.91 Å². The third-order valence-electron chi connectivity index (χ3n) is 6.28. The third-order valence-corrected chi connectivity index (χ3v) is 6.28. The van der Waals surface area contributed by atoms with Crippen LogP contribution in [0.2, 0.25) is 0 Å². The van der Waals surface area contributed by atoms with Crippen LogP contribution in [0.1, 0.15) is 62.9 Å². The maximum atomic E-state index is 13.6. The first-order valence-electron chi connectivity index (χ1n) is 10.6. The molecule has 1 aliphatic rings. The number of methoxy groups -OCH3 is 1. The van der Waals surface area contributed by atoms with E-state index in [9.17, 15) is 32.7 Å². The third kappa shape index (κ3) is 4.76. The number of alkyl halides is 3. The van der Waals surface area contributed by atoms with Crippen LogP contribution in [0.5, 0.6) is 0 Å². The van der Waals surface area contributed by atoms with Gasteiger partial charge in [0.1, 0.15) is 5.54 Å². The lowest BCUT2D eigenvalue weighted by Crippen LogP contribution is -2.57. The summed E-state index contributed by atoms with van der Waals surface area (Å²) in [6.07, 6.45) is -4.02. The number of benzene rings is 1. The van der Waals surface area contributed by atoms with Gasteiger partial charge in [-0.1, -0.05) is 34.1 Å². The minimum absolute atomic E-state index is 0.0637. The molecule has 9 heteroatoms. The average Bonchev–Trinajstić information content (AvgIpc) is 3.07. The lowest BCUT2D eigenvalue weighted by Gasteiger charge is -2.41. The first-order chi connectivity index (χ1) is 14.8. The molecule has 1 aliphatic heterocycles. The van der Waals surface area contributed by atoms with Crippen molar-refractivity contribution in [3.8, 4) is 0 Å². The normalized spacial score (nSPS) is 24.5. The minimum atomic E-state index is -4.56. The Morgan fingerprint density at radius 1 is 1.19 bits per heavy atom. The Balaban J connectivity index is 2.67. The van der Waals surface area contributed by atoms with Gasteiger partial charge in [0.15, 0.2) is 0 Å². The number of carbonyl (C=O) groups is 3. The van der Waals surface area contributed by atoms with Crippen molar-refractivity contribution in [3.63, 3.8) is 0 Å². The summed E-state index contributed by atoms with van der Waals surface area (Å²) in [5, 5.41) is 10.3. The summed E-state index contributed by atoms with van der Waals surface area (Å²) in [4.78, 5) is 40.1. The number of carboxylic acids is 1. The molecule has 1 saturated heterocycles. The molecule has 178 valence electrons. The number of amides is 1. The standard InChI is InChI=1S/C23H30F3NO5/c1-6-14(4)18-17(20(29)32-5)12-22(21(30)31,11-13(2)3)27(18)19(28)15-7-9-16(10-8-15)23(24,25)26/h7-10,13-14,17-18H,6,11-12H2,1-5H3,(H,30,31). The molecule has 1 N–H and O–H groups in total. The van der Waals surface area contributed by atoms with Crippen molar-refractivity contribution in [1.29, 1.82) is 0 Å². The molecule has 1 heterocycles. The molecular weight excluding hydrogens is 427 g/mol. The molecule has 0 spiro atoms. The second-order valence-electron chi connectivity index (χ2n) is 8.89. The van der Waals surface area contributed by atoms with E-state index in [2.05, 4.69) is 0 Å². The molecule has 4 atom stereocenters. The molecule has 4 unspecified atom stereocenters. The van der Waals surface area contributed by atoms with Gasteiger partial charge in [-0.2, -0.15) is 13.2 Å². The van der Waals surface area contributed by atoms with E-state index in [1.807, 2.05) is 27.7 Å². The predicted octanol–water partition coefficient (Wildman–Crippen LogP) is 4.62. The predicted molar refractivity (Wildman–Crippen MR) is 111 cm³/mol. The first kappa shape index (κ1) is 25.7. The van der Waals surface area contributed by atoms with Crippen molar-refractivity contribution in [1.82, 2.24) is 4.90 Å². The summed E-state index contributed by atoms with van der Waals surface area (Å²) in [7, 11) is 1.21. The van der Waals surface area contributed by atoms with Gasteiger partial charge in [-0.3, -0.25) is 9.59 Å². The number of rotatable bonds is 7. The zero-order valence-corrected chi connectivity index (χ0v) is 18.9. The zero-order chi connectivity index (χ0) is 24.4. The number of hydrogen-bond acceptors (Lipinski definition) is 4. The van der Waals surface area contributed by atoms with Gasteiger partial charge in [0.2, 0.25) is 0 Å². The highest BCUT2D eigenvalue weighted by Crippen LogP contribution is 2.47. The number of nitrogens with zero attached hydrogens (tertiary/aromatic N) is 1. The van der Waals surface area contributed by atoms with Crippen molar-refractivity contribution in [3.05, 3.63) is 35.4 Å². The highest BCUT2D eigenvalue weighted by molar-refractivity contribution is 5.99. The smallest absolute Gasteiger partial charge is 0.416 e. The summed E-state index contributed by atoms with van der Waals surface area (Å²) in [6, 6.07) is 2.92. The van der Waals surface area contributed by atoms with Crippen molar-refractivity contribution in [2.24, 2.45) is 17.8 Å². The SMILES string of the molecule is CCC(C)C1C(C(=O)OC)CC(CC(C)C)(C(=O)O)N1C(=O)c1ccc(C(F)(F)F)cc1. The van der Waals surface area contributed by atoms with Crippen LogP contribution >= 0.6 is 0 Å². The Bertz CT molecular complexity index is 852. The Morgan fingerprint density at radius 3 is 2.16 bits per heavy atom. The van der Waals surface area contributed by atoms with Gasteiger partial charge < -0.3 is 14.7 Å². The minimum Gasteiger partial charge on any atom is -0.479 e. The van der Waals surface area contributed by atoms with Gasteiger partial charge in [-0.15, -0.1) is 0 Å². The van der Waals surface area contributed by atoms with Crippen molar-refractivity contribution >= 4 is 17.8 Å². The van der Waals surface area contributed by atoms with Crippen LogP contribution in [0.15, 0.2) is 24.3 Å². The molecule has 0 radical (unpaired) electrons. The number of carboxylic acid groups (broad SMARTS) is 1. The highest BCUT2D eigenvalue weighted by Gasteiger charge is 2.61. The topological polar surface area (TPSA) is 83.9 Å². The van der Waals surface area contributed by atoms with Crippen molar-refractivity contribution < 1.29 is 37.4 Å². The molecule has 32 heavy (non-hydrogen) atoms. The van der Waals surface area contributed by atoms with E-state index < -0.39 is 47.1 Å². The molecule has 1 aromatic carbocycles. The number of carbonyl (C=O) groups excluding carboxylic acids is 2. The molecule has 0 bridgehead atoms. The van der Waals surface area contributed by atoms with E-state index in [1.54, 1.807) is 0 Å². The second-order valence-corrected chi connectivity index (χ2v) is 8.89. The Labute approximate surface area is 185 Å². The summed E-state index contributed by atoms with van der Waals surface area (Å²) in [5.74, 6) is -3.78. The van der Waals surface area contributed by atoms with E-state index in [0.717, 1.165) is 24.3 Å². The van der Waals surface area contributed by atoms with Crippen molar-refractivity contribution in [2.45, 2.75) is 64.7 Å². The van der Waals surface area contributed by atoms with E-state index in [0.29, 0.717) is 6.42 Å². The van der Waals surface area contributed by atoms with Crippen LogP contribution in [0.25, 0.3) is 0 Å².